The molecule has 24 heavy (non-hydrogen) atoms. The number of hydrogen-bond acceptors (Lipinski definition) is 2. The molecular formula is C20H37NO3. The maximum Gasteiger partial charge on any atom is 0.326 e. The Hall–Kier alpha value is -1.06. The summed E-state index contributed by atoms with van der Waals surface area (Å²) < 4.78 is 0. The van der Waals surface area contributed by atoms with Crippen molar-refractivity contribution in [2.75, 3.05) is 0 Å². The van der Waals surface area contributed by atoms with Crippen molar-refractivity contribution < 1.29 is 14.7 Å². The van der Waals surface area contributed by atoms with Crippen LogP contribution in [0.5, 0.6) is 0 Å². The number of unbranched alkanes of at least 4 members (excludes halogenated alkanes) is 1. The Labute approximate surface area is 147 Å². The topological polar surface area (TPSA) is 66.4 Å². The minimum absolute atomic E-state index is 0.0633. The zero-order chi connectivity index (χ0) is 18.2. The number of carbonyl (C=O) groups excluding carboxylic acids is 1. The number of nitrogens with one attached hydrogen (secondary N) is 1. The van der Waals surface area contributed by atoms with Crippen molar-refractivity contribution in [2.45, 2.75) is 97.9 Å². The average molecular weight is 340 g/mol. The van der Waals surface area contributed by atoms with E-state index < -0.39 is 17.4 Å². The molecule has 0 heterocycles. The smallest absolute Gasteiger partial charge is 0.326 e. The molecule has 1 fully saturated rings. The minimum atomic E-state index is -0.914. The lowest BCUT2D eigenvalue weighted by atomic mass is 9.70. The number of carboxylic acids is 1. The summed E-state index contributed by atoms with van der Waals surface area (Å²) in [6.45, 7) is 8.56. The first kappa shape index (κ1) is 21.0. The molecule has 0 unspecified atom stereocenters. The second-order valence-electron chi connectivity index (χ2n) is 8.34. The predicted octanol–water partition coefficient (Wildman–Crippen LogP) is 4.77. The largest absolute Gasteiger partial charge is 0.480 e. The summed E-state index contributed by atoms with van der Waals surface area (Å²) in [5, 5.41) is 12.1. The fourth-order valence-corrected chi connectivity index (χ4v) is 3.64. The van der Waals surface area contributed by atoms with Gasteiger partial charge in [-0.2, -0.15) is 0 Å². The van der Waals surface area contributed by atoms with Crippen LogP contribution in [0.1, 0.15) is 91.9 Å². The fourth-order valence-electron chi connectivity index (χ4n) is 3.64. The molecule has 2 N–H and O–H groups in total. The van der Waals surface area contributed by atoms with Crippen molar-refractivity contribution in [3.63, 3.8) is 0 Å². The first-order valence-corrected chi connectivity index (χ1v) is 9.82. The average Bonchev–Trinajstić information content (AvgIpc) is 2.52. The van der Waals surface area contributed by atoms with Crippen LogP contribution in [0, 0.1) is 17.3 Å². The molecule has 1 atom stereocenters. The second kappa shape index (κ2) is 10.0. The van der Waals surface area contributed by atoms with Gasteiger partial charge in [-0.1, -0.05) is 59.8 Å². The van der Waals surface area contributed by atoms with E-state index in [-0.39, 0.29) is 5.91 Å². The quantitative estimate of drug-likeness (QED) is 0.602. The molecule has 140 valence electrons. The van der Waals surface area contributed by atoms with Gasteiger partial charge in [0.2, 0.25) is 5.91 Å². The second-order valence-corrected chi connectivity index (χ2v) is 8.34. The van der Waals surface area contributed by atoms with E-state index in [0.29, 0.717) is 6.42 Å². The van der Waals surface area contributed by atoms with Gasteiger partial charge in [0, 0.05) is 5.41 Å². The Bertz CT molecular complexity index is 398. The number of carboxylic acid groups (broad SMARTS) is 1. The zero-order valence-electron chi connectivity index (χ0n) is 16.1. The number of hydrogen-bond donors (Lipinski definition) is 2. The van der Waals surface area contributed by atoms with Gasteiger partial charge in [0.15, 0.2) is 0 Å². The summed E-state index contributed by atoms with van der Waals surface area (Å²) in [5.41, 5.74) is -0.394. The highest BCUT2D eigenvalue weighted by atomic mass is 16.4. The van der Waals surface area contributed by atoms with Gasteiger partial charge in [-0.05, 0) is 43.9 Å². The van der Waals surface area contributed by atoms with Gasteiger partial charge in [0.1, 0.15) is 6.04 Å². The van der Waals surface area contributed by atoms with E-state index >= 15 is 0 Å². The summed E-state index contributed by atoms with van der Waals surface area (Å²) in [6.07, 6.45) is 10.1. The van der Waals surface area contributed by atoms with E-state index in [1.807, 2.05) is 13.8 Å². The van der Waals surface area contributed by atoms with Crippen LogP contribution in [0.15, 0.2) is 0 Å². The van der Waals surface area contributed by atoms with Gasteiger partial charge in [-0.15, -0.1) is 0 Å². The summed E-state index contributed by atoms with van der Waals surface area (Å²) in [6, 6.07) is -0.738. The lowest BCUT2D eigenvalue weighted by Gasteiger charge is -2.37. The van der Waals surface area contributed by atoms with Crippen molar-refractivity contribution >= 4 is 11.9 Å². The minimum Gasteiger partial charge on any atom is -0.480 e. The van der Waals surface area contributed by atoms with Crippen molar-refractivity contribution in [3.05, 3.63) is 0 Å². The Morgan fingerprint density at radius 1 is 1.17 bits per heavy atom. The van der Waals surface area contributed by atoms with Gasteiger partial charge in [-0.25, -0.2) is 4.79 Å². The fraction of sp³-hybridized carbons (Fsp3) is 0.900. The summed E-state index contributed by atoms with van der Waals surface area (Å²) in [7, 11) is 0. The highest BCUT2D eigenvalue weighted by molar-refractivity contribution is 5.87. The van der Waals surface area contributed by atoms with E-state index in [4.69, 9.17) is 0 Å². The monoisotopic (exact) mass is 339 g/mol. The lowest BCUT2D eigenvalue weighted by molar-refractivity contribution is -0.144. The molecule has 0 aromatic heterocycles. The Morgan fingerprint density at radius 2 is 1.79 bits per heavy atom. The lowest BCUT2D eigenvalue weighted by Crippen LogP contribution is -2.48. The Balaban J connectivity index is 2.46. The molecule has 0 aliphatic heterocycles. The molecule has 1 saturated carbocycles. The highest BCUT2D eigenvalue weighted by Crippen LogP contribution is 2.40. The van der Waals surface area contributed by atoms with Gasteiger partial charge in [0.25, 0.3) is 0 Å². The van der Waals surface area contributed by atoms with E-state index in [2.05, 4.69) is 19.2 Å². The molecule has 1 amide bonds. The van der Waals surface area contributed by atoms with E-state index in [1.165, 1.54) is 19.3 Å². The molecule has 0 radical (unpaired) electrons. The van der Waals surface area contributed by atoms with Crippen LogP contribution in [-0.2, 0) is 9.59 Å². The molecule has 0 saturated heterocycles. The van der Waals surface area contributed by atoms with Crippen LogP contribution >= 0.6 is 0 Å². The highest BCUT2D eigenvalue weighted by Gasteiger charge is 2.38. The summed E-state index contributed by atoms with van der Waals surface area (Å²) in [4.78, 5) is 24.0. The third kappa shape index (κ3) is 6.82. The molecule has 1 aliphatic rings. The molecule has 0 aromatic carbocycles. The van der Waals surface area contributed by atoms with Crippen LogP contribution in [-0.4, -0.2) is 23.0 Å². The molecule has 0 spiro atoms. The Kier molecular flexibility index (Phi) is 8.79. The van der Waals surface area contributed by atoms with Crippen molar-refractivity contribution in [2.24, 2.45) is 17.3 Å². The maximum atomic E-state index is 12.6. The molecular weight excluding hydrogens is 302 g/mol. The van der Waals surface area contributed by atoms with E-state index in [9.17, 15) is 14.7 Å². The zero-order valence-corrected chi connectivity index (χ0v) is 16.1. The third-order valence-electron chi connectivity index (χ3n) is 5.60. The van der Waals surface area contributed by atoms with Crippen molar-refractivity contribution in [1.82, 2.24) is 5.32 Å². The first-order chi connectivity index (χ1) is 11.3. The summed E-state index contributed by atoms with van der Waals surface area (Å²) >= 11 is 0. The van der Waals surface area contributed by atoms with Gasteiger partial charge in [0.05, 0.1) is 0 Å². The van der Waals surface area contributed by atoms with E-state index in [0.717, 1.165) is 50.4 Å². The predicted molar refractivity (Wildman–Crippen MR) is 97.8 cm³/mol. The molecule has 1 rings (SSSR count). The molecule has 1 aliphatic carbocycles. The third-order valence-corrected chi connectivity index (χ3v) is 5.60. The van der Waals surface area contributed by atoms with Crippen LogP contribution < -0.4 is 5.32 Å². The van der Waals surface area contributed by atoms with Crippen LogP contribution in [0.4, 0.5) is 0 Å². The Morgan fingerprint density at radius 3 is 2.29 bits per heavy atom. The van der Waals surface area contributed by atoms with Gasteiger partial charge in [-0.3, -0.25) is 4.79 Å². The molecule has 0 bridgehead atoms. The molecule has 0 aromatic rings. The molecule has 4 heteroatoms. The van der Waals surface area contributed by atoms with Crippen LogP contribution in [0.25, 0.3) is 0 Å². The number of rotatable bonds is 10. The molecule has 4 nitrogen and oxygen atoms in total. The number of aliphatic carboxylic acids is 1. The van der Waals surface area contributed by atoms with E-state index in [1.54, 1.807) is 0 Å². The standard InChI is InChI=1S/C20H37NO3/c1-5-6-10-17(18(22)23)21-19(24)20(4)13-11-16(12-14-20)9-7-8-15(2)3/h15-17H,5-14H2,1-4H3,(H,21,24)(H,22,23)/t16-,17-,20+/m0/s1. The normalized spacial score (nSPS) is 25.5. The number of carbonyl (C=O) groups is 2. The maximum absolute atomic E-state index is 12.6. The SMILES string of the molecule is CCCC[C@H](NC(=O)[C@]1(C)CC[C@H](CCCC(C)C)CC1)C(=O)O. The van der Waals surface area contributed by atoms with Gasteiger partial charge < -0.3 is 10.4 Å². The number of amides is 1. The van der Waals surface area contributed by atoms with Gasteiger partial charge >= 0.3 is 5.97 Å². The van der Waals surface area contributed by atoms with Crippen molar-refractivity contribution in [1.29, 1.82) is 0 Å². The van der Waals surface area contributed by atoms with Crippen LogP contribution in [0.2, 0.25) is 0 Å². The van der Waals surface area contributed by atoms with Crippen molar-refractivity contribution in [3.8, 4) is 0 Å². The first-order valence-electron chi connectivity index (χ1n) is 9.82. The van der Waals surface area contributed by atoms with Crippen LogP contribution in [0.3, 0.4) is 0 Å². The summed E-state index contributed by atoms with van der Waals surface area (Å²) in [5.74, 6) is 0.523.